The van der Waals surface area contributed by atoms with Gasteiger partial charge in [0.1, 0.15) is 0 Å². The molecule has 0 radical (unpaired) electrons. The summed E-state index contributed by atoms with van der Waals surface area (Å²) in [6, 6.07) is 16.9. The molecule has 0 aliphatic rings. The third-order valence-corrected chi connectivity index (χ3v) is 4.36. The first-order chi connectivity index (χ1) is 8.89. The monoisotopic (exact) mass is 365 g/mol. The highest BCUT2D eigenvalue weighted by atomic mass is 127. The second kappa shape index (κ2) is 5.63. The summed E-state index contributed by atoms with van der Waals surface area (Å²) in [6.07, 6.45) is 0. The van der Waals surface area contributed by atoms with E-state index in [0.717, 1.165) is 5.56 Å². The number of halogens is 1. The van der Waals surface area contributed by atoms with E-state index in [2.05, 4.69) is 79.8 Å². The molecular formula is C17H20IN. The van der Waals surface area contributed by atoms with E-state index in [0.29, 0.717) is 0 Å². The molecule has 2 heteroatoms. The average molecular weight is 365 g/mol. The molecule has 2 N–H and O–H groups in total. The Morgan fingerprint density at radius 3 is 2.05 bits per heavy atom. The lowest BCUT2D eigenvalue weighted by molar-refractivity contribution is 0.589. The summed E-state index contributed by atoms with van der Waals surface area (Å²) in [7, 11) is 0. The molecule has 0 spiro atoms. The maximum absolute atomic E-state index is 6.37. The largest absolute Gasteiger partial charge is 0.320 e. The van der Waals surface area contributed by atoms with Crippen molar-refractivity contribution in [2.75, 3.05) is 0 Å². The van der Waals surface area contributed by atoms with Gasteiger partial charge < -0.3 is 5.73 Å². The summed E-state index contributed by atoms with van der Waals surface area (Å²) in [5.74, 6) is 0. The second-order valence-corrected chi connectivity index (χ2v) is 7.03. The topological polar surface area (TPSA) is 26.0 Å². The molecule has 2 aromatic carbocycles. The lowest BCUT2D eigenvalue weighted by atomic mass is 9.86. The Morgan fingerprint density at radius 2 is 1.53 bits per heavy atom. The standard InChI is InChI=1S/C17H20IN/c1-17(2,3)13-10-8-12(9-11-13)16(19)14-6-4-5-7-15(14)18/h4-11,16H,19H2,1-3H3. The first kappa shape index (κ1) is 14.5. The fourth-order valence-electron chi connectivity index (χ4n) is 2.10. The Morgan fingerprint density at radius 1 is 0.947 bits per heavy atom. The Balaban J connectivity index is 2.31. The van der Waals surface area contributed by atoms with Crippen LogP contribution in [0, 0.1) is 3.57 Å². The lowest BCUT2D eigenvalue weighted by Crippen LogP contribution is -2.15. The molecule has 2 rings (SSSR count). The van der Waals surface area contributed by atoms with Crippen LogP contribution in [0.3, 0.4) is 0 Å². The van der Waals surface area contributed by atoms with Crippen molar-refractivity contribution in [3.63, 3.8) is 0 Å². The van der Waals surface area contributed by atoms with Crippen LogP contribution < -0.4 is 5.73 Å². The van der Waals surface area contributed by atoms with Crippen molar-refractivity contribution in [1.29, 1.82) is 0 Å². The summed E-state index contributed by atoms with van der Waals surface area (Å²) >= 11 is 2.34. The van der Waals surface area contributed by atoms with Crippen molar-refractivity contribution < 1.29 is 0 Å². The van der Waals surface area contributed by atoms with Crippen LogP contribution >= 0.6 is 22.6 Å². The van der Waals surface area contributed by atoms with Gasteiger partial charge in [-0.1, -0.05) is 63.2 Å². The van der Waals surface area contributed by atoms with Crippen molar-refractivity contribution in [1.82, 2.24) is 0 Å². The second-order valence-electron chi connectivity index (χ2n) is 5.87. The van der Waals surface area contributed by atoms with Gasteiger partial charge in [0.25, 0.3) is 0 Å². The van der Waals surface area contributed by atoms with Crippen molar-refractivity contribution in [3.05, 3.63) is 68.8 Å². The van der Waals surface area contributed by atoms with E-state index in [1.807, 2.05) is 12.1 Å². The minimum absolute atomic E-state index is 0.0536. The Hall–Kier alpha value is -0.870. The molecular weight excluding hydrogens is 345 g/mol. The Bertz CT molecular complexity index is 552. The van der Waals surface area contributed by atoms with Crippen molar-refractivity contribution >= 4 is 22.6 Å². The van der Waals surface area contributed by atoms with Crippen LogP contribution in [-0.2, 0) is 5.41 Å². The summed E-state index contributed by atoms with van der Waals surface area (Å²) in [5, 5.41) is 0. The van der Waals surface area contributed by atoms with Gasteiger partial charge in [-0.25, -0.2) is 0 Å². The molecule has 1 atom stereocenters. The van der Waals surface area contributed by atoms with Gasteiger partial charge in [-0.05, 0) is 50.8 Å². The van der Waals surface area contributed by atoms with Crippen molar-refractivity contribution in [2.45, 2.75) is 32.2 Å². The van der Waals surface area contributed by atoms with Gasteiger partial charge in [0, 0.05) is 3.57 Å². The predicted octanol–water partition coefficient (Wildman–Crippen LogP) is 4.64. The van der Waals surface area contributed by atoms with E-state index in [1.165, 1.54) is 14.7 Å². The highest BCUT2D eigenvalue weighted by Crippen LogP contribution is 2.27. The average Bonchev–Trinajstić information content (AvgIpc) is 2.38. The number of hydrogen-bond donors (Lipinski definition) is 1. The van der Waals surface area contributed by atoms with Gasteiger partial charge in [-0.2, -0.15) is 0 Å². The maximum atomic E-state index is 6.37. The van der Waals surface area contributed by atoms with Gasteiger partial charge in [0.15, 0.2) is 0 Å². The summed E-state index contributed by atoms with van der Waals surface area (Å²) in [5.41, 5.74) is 10.2. The minimum Gasteiger partial charge on any atom is -0.320 e. The molecule has 0 bridgehead atoms. The first-order valence-corrected chi connectivity index (χ1v) is 7.58. The fourth-order valence-corrected chi connectivity index (χ4v) is 2.82. The SMILES string of the molecule is CC(C)(C)c1ccc(C(N)c2ccccc2I)cc1. The predicted molar refractivity (Wildman–Crippen MR) is 90.3 cm³/mol. The Kier molecular flexibility index (Phi) is 4.31. The van der Waals surface area contributed by atoms with Crippen LogP contribution in [0.25, 0.3) is 0 Å². The molecule has 2 aromatic rings. The highest BCUT2D eigenvalue weighted by Gasteiger charge is 2.15. The number of benzene rings is 2. The van der Waals surface area contributed by atoms with Gasteiger partial charge in [-0.3, -0.25) is 0 Å². The summed E-state index contributed by atoms with van der Waals surface area (Å²) in [6.45, 7) is 6.67. The molecule has 1 unspecified atom stereocenters. The fraction of sp³-hybridized carbons (Fsp3) is 0.294. The van der Waals surface area contributed by atoms with E-state index < -0.39 is 0 Å². The van der Waals surface area contributed by atoms with Crippen LogP contribution in [0.15, 0.2) is 48.5 Å². The number of rotatable bonds is 2. The quantitative estimate of drug-likeness (QED) is 0.772. The molecule has 19 heavy (non-hydrogen) atoms. The van der Waals surface area contributed by atoms with Gasteiger partial charge in [0.2, 0.25) is 0 Å². The summed E-state index contributed by atoms with van der Waals surface area (Å²) in [4.78, 5) is 0. The smallest absolute Gasteiger partial charge is 0.0562 e. The van der Waals surface area contributed by atoms with E-state index in [9.17, 15) is 0 Å². The lowest BCUT2D eigenvalue weighted by Gasteiger charge is -2.20. The highest BCUT2D eigenvalue weighted by molar-refractivity contribution is 14.1. The number of hydrogen-bond acceptors (Lipinski definition) is 1. The third-order valence-electron chi connectivity index (χ3n) is 3.38. The van der Waals surface area contributed by atoms with Crippen LogP contribution in [-0.4, -0.2) is 0 Å². The van der Waals surface area contributed by atoms with Crippen molar-refractivity contribution in [3.8, 4) is 0 Å². The van der Waals surface area contributed by atoms with Gasteiger partial charge >= 0.3 is 0 Å². The molecule has 0 fully saturated rings. The molecule has 100 valence electrons. The molecule has 0 saturated heterocycles. The van der Waals surface area contributed by atoms with Crippen LogP contribution in [0.1, 0.15) is 43.5 Å². The first-order valence-electron chi connectivity index (χ1n) is 6.50. The molecule has 0 aliphatic carbocycles. The van der Waals surface area contributed by atoms with E-state index >= 15 is 0 Å². The molecule has 0 saturated carbocycles. The third kappa shape index (κ3) is 3.37. The van der Waals surface area contributed by atoms with Gasteiger partial charge in [0.05, 0.1) is 6.04 Å². The molecule has 1 nitrogen and oxygen atoms in total. The maximum Gasteiger partial charge on any atom is 0.0562 e. The molecule has 0 aliphatic heterocycles. The zero-order chi connectivity index (χ0) is 14.0. The zero-order valence-corrected chi connectivity index (χ0v) is 13.8. The normalized spacial score (nSPS) is 13.3. The van der Waals surface area contributed by atoms with E-state index in [-0.39, 0.29) is 11.5 Å². The van der Waals surface area contributed by atoms with Crippen LogP contribution in [0.5, 0.6) is 0 Å². The Labute approximate surface area is 129 Å². The number of nitrogens with two attached hydrogens (primary N) is 1. The summed E-state index contributed by atoms with van der Waals surface area (Å²) < 4.78 is 1.22. The zero-order valence-electron chi connectivity index (χ0n) is 11.7. The minimum atomic E-state index is -0.0536. The van der Waals surface area contributed by atoms with Gasteiger partial charge in [-0.15, -0.1) is 0 Å². The molecule has 0 heterocycles. The van der Waals surface area contributed by atoms with Crippen LogP contribution in [0.4, 0.5) is 0 Å². The molecule has 0 aromatic heterocycles. The van der Waals surface area contributed by atoms with Crippen molar-refractivity contribution in [2.24, 2.45) is 5.73 Å². The molecule has 0 amide bonds. The van der Waals surface area contributed by atoms with E-state index in [1.54, 1.807) is 0 Å². The van der Waals surface area contributed by atoms with E-state index in [4.69, 9.17) is 5.73 Å². The van der Waals surface area contributed by atoms with Crippen LogP contribution in [0.2, 0.25) is 0 Å².